The first-order valence-corrected chi connectivity index (χ1v) is 9.11. The van der Waals surface area contributed by atoms with Crippen LogP contribution in [0.15, 0.2) is 0 Å². The summed E-state index contributed by atoms with van der Waals surface area (Å²) in [6.45, 7) is 2.88. The molecule has 0 aromatic heterocycles. The highest BCUT2D eigenvalue weighted by atomic mass is 32.2. The maximum Gasteiger partial charge on any atom is 0.264 e. The summed E-state index contributed by atoms with van der Waals surface area (Å²) in [6, 6.07) is 0. The molecule has 1 fully saturated rings. The average Bonchev–Trinajstić information content (AvgIpc) is 2.11. The van der Waals surface area contributed by atoms with E-state index in [1.165, 1.54) is 4.31 Å². The Hall–Kier alpha value is -0.220. The van der Waals surface area contributed by atoms with E-state index < -0.39 is 25.7 Å². The van der Waals surface area contributed by atoms with Crippen molar-refractivity contribution in [1.29, 1.82) is 0 Å². The minimum atomic E-state index is -3.59. The standard InChI is InChI=1S/C9H20N2O5S2/c1-9(8-16-18(4,14)15)7-10(2)5-6-11(9)17(3,12)13/h5-8H2,1-4H3. The zero-order valence-corrected chi connectivity index (χ0v) is 12.7. The smallest absolute Gasteiger partial charge is 0.264 e. The van der Waals surface area contributed by atoms with E-state index in [0.29, 0.717) is 19.6 Å². The molecular formula is C9H20N2O5S2. The highest BCUT2D eigenvalue weighted by molar-refractivity contribution is 7.88. The molecular weight excluding hydrogens is 280 g/mol. The fourth-order valence-electron chi connectivity index (χ4n) is 2.19. The highest BCUT2D eigenvalue weighted by Crippen LogP contribution is 2.24. The lowest BCUT2D eigenvalue weighted by Gasteiger charge is -2.45. The second-order valence-corrected chi connectivity index (χ2v) is 8.59. The van der Waals surface area contributed by atoms with Crippen LogP contribution in [0.2, 0.25) is 0 Å². The van der Waals surface area contributed by atoms with Crippen molar-refractivity contribution in [3.05, 3.63) is 0 Å². The molecule has 108 valence electrons. The normalized spacial score (nSPS) is 28.4. The Kier molecular flexibility index (Phi) is 4.44. The number of hydrogen-bond donors (Lipinski definition) is 0. The van der Waals surface area contributed by atoms with Gasteiger partial charge in [-0.15, -0.1) is 0 Å². The van der Waals surface area contributed by atoms with Crippen LogP contribution < -0.4 is 0 Å². The number of sulfonamides is 1. The van der Waals surface area contributed by atoms with Crippen LogP contribution in [0.25, 0.3) is 0 Å². The van der Waals surface area contributed by atoms with E-state index in [0.717, 1.165) is 12.5 Å². The molecule has 7 nitrogen and oxygen atoms in total. The number of nitrogens with zero attached hydrogens (tertiary/aromatic N) is 2. The summed E-state index contributed by atoms with van der Waals surface area (Å²) < 4.78 is 51.7. The Morgan fingerprint density at radius 1 is 1.17 bits per heavy atom. The molecule has 0 saturated carbocycles. The maximum absolute atomic E-state index is 11.7. The van der Waals surface area contributed by atoms with Gasteiger partial charge < -0.3 is 4.90 Å². The van der Waals surface area contributed by atoms with Gasteiger partial charge in [0.2, 0.25) is 10.0 Å². The Bertz CT molecular complexity index is 501. The monoisotopic (exact) mass is 300 g/mol. The van der Waals surface area contributed by atoms with Crippen molar-refractivity contribution >= 4 is 20.1 Å². The fraction of sp³-hybridized carbons (Fsp3) is 1.00. The quantitative estimate of drug-likeness (QED) is 0.615. The lowest BCUT2D eigenvalue weighted by atomic mass is 10.0. The van der Waals surface area contributed by atoms with E-state index in [1.54, 1.807) is 6.92 Å². The van der Waals surface area contributed by atoms with E-state index >= 15 is 0 Å². The van der Waals surface area contributed by atoms with Crippen molar-refractivity contribution in [3.8, 4) is 0 Å². The Morgan fingerprint density at radius 3 is 2.17 bits per heavy atom. The first-order valence-electron chi connectivity index (χ1n) is 5.45. The summed E-state index contributed by atoms with van der Waals surface area (Å²) in [7, 11) is -5.12. The van der Waals surface area contributed by atoms with Crippen molar-refractivity contribution in [2.24, 2.45) is 0 Å². The van der Waals surface area contributed by atoms with Crippen molar-refractivity contribution < 1.29 is 21.0 Å². The lowest BCUT2D eigenvalue weighted by molar-refractivity contribution is 0.0473. The fourth-order valence-corrected chi connectivity index (χ4v) is 3.98. The van der Waals surface area contributed by atoms with E-state index in [1.807, 2.05) is 11.9 Å². The third kappa shape index (κ3) is 4.16. The molecule has 1 heterocycles. The van der Waals surface area contributed by atoms with Crippen LogP contribution in [0.5, 0.6) is 0 Å². The average molecular weight is 300 g/mol. The molecule has 0 bridgehead atoms. The molecule has 1 aliphatic heterocycles. The SMILES string of the molecule is CN1CCN(S(C)(=O)=O)C(C)(COS(C)(=O)=O)C1. The Morgan fingerprint density at radius 2 is 1.72 bits per heavy atom. The van der Waals surface area contributed by atoms with E-state index in [4.69, 9.17) is 4.18 Å². The van der Waals surface area contributed by atoms with Crippen LogP contribution >= 0.6 is 0 Å². The summed E-state index contributed by atoms with van der Waals surface area (Å²) in [5, 5.41) is 0. The molecule has 1 aliphatic rings. The lowest BCUT2D eigenvalue weighted by Crippen LogP contribution is -2.63. The third-order valence-electron chi connectivity index (χ3n) is 2.88. The predicted octanol–water partition coefficient (Wildman–Crippen LogP) is -1.07. The van der Waals surface area contributed by atoms with E-state index in [9.17, 15) is 16.8 Å². The van der Waals surface area contributed by atoms with Gasteiger partial charge in [-0.2, -0.15) is 12.7 Å². The molecule has 0 aromatic carbocycles. The number of piperazine rings is 1. The van der Waals surface area contributed by atoms with E-state index in [2.05, 4.69) is 0 Å². The van der Waals surface area contributed by atoms with Gasteiger partial charge >= 0.3 is 0 Å². The molecule has 0 radical (unpaired) electrons. The molecule has 1 atom stereocenters. The van der Waals surface area contributed by atoms with Crippen molar-refractivity contribution in [3.63, 3.8) is 0 Å². The molecule has 0 aromatic rings. The van der Waals surface area contributed by atoms with Gasteiger partial charge in [0.1, 0.15) is 0 Å². The summed E-state index contributed by atoms with van der Waals surface area (Å²) in [4.78, 5) is 1.95. The first-order chi connectivity index (χ1) is 7.94. The van der Waals surface area contributed by atoms with Crippen LogP contribution in [0.3, 0.4) is 0 Å². The van der Waals surface area contributed by atoms with Crippen molar-refractivity contribution in [2.75, 3.05) is 45.8 Å². The molecule has 1 unspecified atom stereocenters. The first kappa shape index (κ1) is 15.8. The van der Waals surface area contributed by atoms with E-state index in [-0.39, 0.29) is 6.61 Å². The van der Waals surface area contributed by atoms with Crippen LogP contribution in [-0.4, -0.2) is 77.4 Å². The Labute approximate surface area is 109 Å². The second-order valence-electron chi connectivity index (χ2n) is 5.04. The zero-order valence-electron chi connectivity index (χ0n) is 11.1. The summed E-state index contributed by atoms with van der Waals surface area (Å²) >= 11 is 0. The molecule has 1 saturated heterocycles. The summed E-state index contributed by atoms with van der Waals surface area (Å²) in [5.74, 6) is 0. The van der Waals surface area contributed by atoms with Gasteiger partial charge in [0.05, 0.1) is 24.7 Å². The summed E-state index contributed by atoms with van der Waals surface area (Å²) in [5.41, 5.74) is -0.871. The van der Waals surface area contributed by atoms with Crippen molar-refractivity contribution in [2.45, 2.75) is 12.5 Å². The van der Waals surface area contributed by atoms with Gasteiger partial charge in [0, 0.05) is 19.6 Å². The molecule has 0 spiro atoms. The number of rotatable bonds is 4. The molecule has 9 heteroatoms. The number of hydrogen-bond acceptors (Lipinski definition) is 6. The molecule has 0 N–H and O–H groups in total. The summed E-state index contributed by atoms with van der Waals surface area (Å²) in [6.07, 6.45) is 2.07. The van der Waals surface area contributed by atoms with Gasteiger partial charge in [0.25, 0.3) is 10.1 Å². The number of likely N-dealkylation sites (N-methyl/N-ethyl adjacent to an activating group) is 1. The molecule has 18 heavy (non-hydrogen) atoms. The van der Waals surface area contributed by atoms with Gasteiger partial charge in [-0.1, -0.05) is 0 Å². The minimum absolute atomic E-state index is 0.177. The maximum atomic E-state index is 11.7. The largest absolute Gasteiger partial charge is 0.303 e. The van der Waals surface area contributed by atoms with Gasteiger partial charge in [-0.3, -0.25) is 4.18 Å². The van der Waals surface area contributed by atoms with Crippen LogP contribution in [0, 0.1) is 0 Å². The van der Waals surface area contributed by atoms with Crippen LogP contribution in [0.4, 0.5) is 0 Å². The van der Waals surface area contributed by atoms with Gasteiger partial charge in [0.15, 0.2) is 0 Å². The van der Waals surface area contributed by atoms with Gasteiger partial charge in [-0.05, 0) is 14.0 Å². The molecule has 1 rings (SSSR count). The molecule has 0 aliphatic carbocycles. The van der Waals surface area contributed by atoms with Crippen molar-refractivity contribution in [1.82, 2.24) is 9.21 Å². The van der Waals surface area contributed by atoms with Crippen LogP contribution in [-0.2, 0) is 24.3 Å². The van der Waals surface area contributed by atoms with Gasteiger partial charge in [-0.25, -0.2) is 8.42 Å². The highest BCUT2D eigenvalue weighted by Gasteiger charge is 2.42. The zero-order chi connectivity index (χ0) is 14.2. The third-order valence-corrected chi connectivity index (χ3v) is 4.85. The minimum Gasteiger partial charge on any atom is -0.303 e. The van der Waals surface area contributed by atoms with Crippen LogP contribution in [0.1, 0.15) is 6.92 Å². The topological polar surface area (TPSA) is 84.0 Å². The molecule has 0 amide bonds. The predicted molar refractivity (Wildman–Crippen MR) is 68.2 cm³/mol. The Balaban J connectivity index is 2.96. The second kappa shape index (κ2) is 5.04.